The Labute approximate surface area is 204 Å². The largest absolute Gasteiger partial charge is 0.489 e. The lowest BCUT2D eigenvalue weighted by molar-refractivity contribution is -0.137. The summed E-state index contributed by atoms with van der Waals surface area (Å²) in [6.45, 7) is 0.401. The zero-order valence-electron chi connectivity index (χ0n) is 18.1. The second-order valence-corrected chi connectivity index (χ2v) is 7.86. The van der Waals surface area contributed by atoms with Gasteiger partial charge in [0.25, 0.3) is 5.91 Å². The van der Waals surface area contributed by atoms with E-state index < -0.39 is 17.6 Å². The van der Waals surface area contributed by atoms with E-state index in [4.69, 9.17) is 21.4 Å². The van der Waals surface area contributed by atoms with Crippen LogP contribution in [0.25, 0.3) is 11.3 Å². The number of amides is 1. The summed E-state index contributed by atoms with van der Waals surface area (Å²) in [5, 5.41) is 5.41. The van der Waals surface area contributed by atoms with Gasteiger partial charge in [0.2, 0.25) is 0 Å². The second-order valence-electron chi connectivity index (χ2n) is 7.45. The average Bonchev–Trinajstić information content (AvgIpc) is 3.34. The molecule has 1 aromatic heterocycles. The van der Waals surface area contributed by atoms with Crippen molar-refractivity contribution in [1.82, 2.24) is 5.32 Å². The number of alkyl halides is 3. The third-order valence-corrected chi connectivity index (χ3v) is 5.08. The maximum absolute atomic E-state index is 13.0. The number of hydrogen-bond donors (Lipinski definition) is 2. The molecule has 178 valence electrons. The maximum atomic E-state index is 13.0. The number of rotatable bonds is 6. The molecule has 0 radical (unpaired) electrons. The lowest BCUT2D eigenvalue weighted by Gasteiger charge is -2.11. The first kappa shape index (κ1) is 24.0. The number of carbonyl (C=O) groups excluding carboxylic acids is 1. The summed E-state index contributed by atoms with van der Waals surface area (Å²) in [6.07, 6.45) is -4.48. The van der Waals surface area contributed by atoms with Crippen LogP contribution in [0.1, 0.15) is 21.7 Å². The molecule has 9 heteroatoms. The van der Waals surface area contributed by atoms with E-state index in [-0.39, 0.29) is 22.2 Å². The van der Waals surface area contributed by atoms with Gasteiger partial charge in [0.1, 0.15) is 18.1 Å². The van der Waals surface area contributed by atoms with E-state index in [1.807, 2.05) is 30.3 Å². The molecule has 1 amide bonds. The SMILES string of the molecule is O=C(NC(=S)Nc1cccc(OCc2ccccc2)c1)c1ccc(-c2cccc(C(F)(F)F)c2)o1. The van der Waals surface area contributed by atoms with Gasteiger partial charge in [-0.2, -0.15) is 13.2 Å². The number of benzene rings is 3. The Balaban J connectivity index is 1.36. The summed E-state index contributed by atoms with van der Waals surface area (Å²) in [4.78, 5) is 12.5. The van der Waals surface area contributed by atoms with E-state index in [0.717, 1.165) is 17.7 Å². The normalized spacial score (nSPS) is 11.1. The van der Waals surface area contributed by atoms with Crippen LogP contribution in [-0.4, -0.2) is 11.0 Å². The molecule has 0 atom stereocenters. The molecule has 0 saturated heterocycles. The van der Waals surface area contributed by atoms with Gasteiger partial charge >= 0.3 is 6.18 Å². The molecule has 0 aliphatic rings. The Morgan fingerprint density at radius 3 is 2.46 bits per heavy atom. The van der Waals surface area contributed by atoms with Crippen molar-refractivity contribution < 1.29 is 27.1 Å². The topological polar surface area (TPSA) is 63.5 Å². The van der Waals surface area contributed by atoms with Gasteiger partial charge in [0.15, 0.2) is 10.9 Å². The summed E-state index contributed by atoms with van der Waals surface area (Å²) in [6, 6.07) is 24.2. The van der Waals surface area contributed by atoms with E-state index in [2.05, 4.69) is 10.6 Å². The monoisotopic (exact) mass is 496 g/mol. The Morgan fingerprint density at radius 1 is 0.914 bits per heavy atom. The van der Waals surface area contributed by atoms with Gasteiger partial charge in [-0.3, -0.25) is 10.1 Å². The van der Waals surface area contributed by atoms with Crippen LogP contribution in [-0.2, 0) is 12.8 Å². The van der Waals surface area contributed by atoms with Gasteiger partial charge in [0.05, 0.1) is 5.56 Å². The molecule has 4 rings (SSSR count). The molecule has 0 saturated carbocycles. The minimum Gasteiger partial charge on any atom is -0.489 e. The first-order chi connectivity index (χ1) is 16.8. The van der Waals surface area contributed by atoms with Crippen LogP contribution in [0, 0.1) is 0 Å². The van der Waals surface area contributed by atoms with Gasteiger partial charge in [-0.1, -0.05) is 48.5 Å². The van der Waals surface area contributed by atoms with Gasteiger partial charge in [-0.25, -0.2) is 0 Å². The van der Waals surface area contributed by atoms with Crippen molar-refractivity contribution in [1.29, 1.82) is 0 Å². The molecule has 0 spiro atoms. The van der Waals surface area contributed by atoms with Crippen molar-refractivity contribution in [3.8, 4) is 17.1 Å². The lowest BCUT2D eigenvalue weighted by Crippen LogP contribution is -2.33. The fraction of sp³-hybridized carbons (Fsp3) is 0.0769. The van der Waals surface area contributed by atoms with E-state index >= 15 is 0 Å². The number of thiocarbonyl (C=S) groups is 1. The van der Waals surface area contributed by atoms with Gasteiger partial charge in [-0.15, -0.1) is 0 Å². The standard InChI is InChI=1S/C26H19F3N2O3S/c27-26(28,29)19-9-4-8-18(14-19)22-12-13-23(34-22)24(32)31-25(35)30-20-10-5-11-21(15-20)33-16-17-6-2-1-3-7-17/h1-15H,16H2,(H2,30,31,32,35). The summed E-state index contributed by atoms with van der Waals surface area (Å²) < 4.78 is 50.1. The number of carbonyl (C=O) groups is 1. The van der Waals surface area contributed by atoms with Crippen LogP contribution in [0.5, 0.6) is 5.75 Å². The summed E-state index contributed by atoms with van der Waals surface area (Å²) in [7, 11) is 0. The third kappa shape index (κ3) is 6.48. The van der Waals surface area contributed by atoms with Crippen LogP contribution in [0.2, 0.25) is 0 Å². The van der Waals surface area contributed by atoms with Crippen molar-refractivity contribution in [2.75, 3.05) is 5.32 Å². The number of hydrogen-bond acceptors (Lipinski definition) is 4. The molecule has 0 aliphatic heterocycles. The smallest absolute Gasteiger partial charge is 0.416 e. The van der Waals surface area contributed by atoms with Crippen molar-refractivity contribution in [2.45, 2.75) is 12.8 Å². The predicted molar refractivity (Wildman–Crippen MR) is 130 cm³/mol. The van der Waals surface area contributed by atoms with Gasteiger partial charge in [0, 0.05) is 17.3 Å². The van der Waals surface area contributed by atoms with Crippen LogP contribution < -0.4 is 15.4 Å². The molecule has 4 aromatic rings. The van der Waals surface area contributed by atoms with E-state index in [1.54, 1.807) is 24.3 Å². The molecule has 0 fully saturated rings. The Kier molecular flexibility index (Phi) is 7.17. The van der Waals surface area contributed by atoms with Crippen molar-refractivity contribution in [3.63, 3.8) is 0 Å². The van der Waals surface area contributed by atoms with Crippen molar-refractivity contribution >= 4 is 28.9 Å². The molecule has 5 nitrogen and oxygen atoms in total. The van der Waals surface area contributed by atoms with Crippen LogP contribution >= 0.6 is 12.2 Å². The molecule has 0 aliphatic carbocycles. The highest BCUT2D eigenvalue weighted by atomic mass is 32.1. The van der Waals surface area contributed by atoms with Gasteiger partial charge < -0.3 is 14.5 Å². The summed E-state index contributed by atoms with van der Waals surface area (Å²) in [5.74, 6) is 0.00634. The van der Waals surface area contributed by atoms with E-state index in [1.165, 1.54) is 24.3 Å². The second kappa shape index (κ2) is 10.4. The Morgan fingerprint density at radius 2 is 1.69 bits per heavy atom. The fourth-order valence-corrected chi connectivity index (χ4v) is 3.41. The number of ether oxygens (including phenoxy) is 1. The highest BCUT2D eigenvalue weighted by Crippen LogP contribution is 2.32. The Bertz CT molecular complexity index is 1340. The molecule has 35 heavy (non-hydrogen) atoms. The summed E-state index contributed by atoms with van der Waals surface area (Å²) >= 11 is 5.20. The van der Waals surface area contributed by atoms with Crippen LogP contribution in [0.4, 0.5) is 18.9 Å². The minimum atomic E-state index is -4.48. The fourth-order valence-electron chi connectivity index (χ4n) is 3.20. The minimum absolute atomic E-state index is 0.0206. The van der Waals surface area contributed by atoms with Crippen molar-refractivity contribution in [3.05, 3.63) is 108 Å². The third-order valence-electron chi connectivity index (χ3n) is 4.87. The number of nitrogens with one attached hydrogen (secondary N) is 2. The number of anilines is 1. The predicted octanol–water partition coefficient (Wildman–Crippen LogP) is 6.67. The average molecular weight is 497 g/mol. The van der Waals surface area contributed by atoms with Crippen LogP contribution in [0.3, 0.4) is 0 Å². The van der Waals surface area contributed by atoms with Crippen molar-refractivity contribution in [2.24, 2.45) is 0 Å². The first-order valence-electron chi connectivity index (χ1n) is 10.4. The quantitative estimate of drug-likeness (QED) is 0.292. The Hall–Kier alpha value is -4.11. The number of furan rings is 1. The molecule has 2 N–H and O–H groups in total. The van der Waals surface area contributed by atoms with E-state index in [0.29, 0.717) is 18.0 Å². The maximum Gasteiger partial charge on any atom is 0.416 e. The molecule has 0 unspecified atom stereocenters. The molecular weight excluding hydrogens is 477 g/mol. The van der Waals surface area contributed by atoms with Gasteiger partial charge in [-0.05, 0) is 54.2 Å². The zero-order chi connectivity index (χ0) is 24.8. The lowest BCUT2D eigenvalue weighted by atomic mass is 10.1. The molecular formula is C26H19F3N2O3S. The molecule has 1 heterocycles. The highest BCUT2D eigenvalue weighted by Gasteiger charge is 2.30. The van der Waals surface area contributed by atoms with E-state index in [9.17, 15) is 18.0 Å². The van der Waals surface area contributed by atoms with Crippen LogP contribution in [0.15, 0.2) is 95.4 Å². The molecule has 0 bridgehead atoms. The summed E-state index contributed by atoms with van der Waals surface area (Å²) in [5.41, 5.74) is 1.02. The molecule has 3 aromatic carbocycles. The zero-order valence-corrected chi connectivity index (χ0v) is 19.0. The first-order valence-corrected chi connectivity index (χ1v) is 10.9. The highest BCUT2D eigenvalue weighted by molar-refractivity contribution is 7.80. The number of halogens is 3.